The normalized spacial score (nSPS) is 51.9. The van der Waals surface area contributed by atoms with E-state index >= 15 is 0 Å². The Morgan fingerprint density at radius 2 is 1.81 bits per heavy atom. The van der Waals surface area contributed by atoms with Gasteiger partial charge < -0.3 is 14.6 Å². The molecular formula is C22H31NO3. The molecule has 4 heteroatoms. The van der Waals surface area contributed by atoms with Crippen LogP contribution < -0.4 is 0 Å². The van der Waals surface area contributed by atoms with Crippen molar-refractivity contribution in [1.29, 1.82) is 5.26 Å². The average Bonchev–Trinajstić information content (AvgIpc) is 3.19. The molecule has 5 rings (SSSR count). The van der Waals surface area contributed by atoms with Gasteiger partial charge in [0.1, 0.15) is 0 Å². The summed E-state index contributed by atoms with van der Waals surface area (Å²) >= 11 is 0. The highest BCUT2D eigenvalue weighted by atomic mass is 16.7. The summed E-state index contributed by atoms with van der Waals surface area (Å²) in [6.07, 6.45) is 10.4. The molecule has 1 saturated heterocycles. The fourth-order valence-electron chi connectivity index (χ4n) is 7.55. The molecule has 26 heavy (non-hydrogen) atoms. The predicted molar refractivity (Wildman–Crippen MR) is 96.9 cm³/mol. The lowest BCUT2D eigenvalue weighted by Gasteiger charge is -2.59. The monoisotopic (exact) mass is 357 g/mol. The topological polar surface area (TPSA) is 62.5 Å². The largest absolute Gasteiger partial charge is 0.375 e. The summed E-state index contributed by atoms with van der Waals surface area (Å²) in [5, 5.41) is 20.6. The number of aliphatic hydroxyl groups is 1. The molecule has 0 amide bonds. The van der Waals surface area contributed by atoms with Crippen LogP contribution in [-0.2, 0) is 9.47 Å². The van der Waals surface area contributed by atoms with E-state index in [1.54, 1.807) is 5.57 Å². The molecule has 4 fully saturated rings. The van der Waals surface area contributed by atoms with Gasteiger partial charge in [-0.1, -0.05) is 25.5 Å². The van der Waals surface area contributed by atoms with E-state index in [0.717, 1.165) is 58.2 Å². The minimum absolute atomic E-state index is 0.234. The number of hydrogen-bond acceptors (Lipinski definition) is 4. The first kappa shape index (κ1) is 17.2. The molecule has 0 aromatic rings. The van der Waals surface area contributed by atoms with E-state index in [9.17, 15) is 10.4 Å². The lowest BCUT2D eigenvalue weighted by Crippen LogP contribution is -2.55. The number of fused-ring (bicyclic) bond motifs is 5. The highest BCUT2D eigenvalue weighted by Crippen LogP contribution is 2.67. The number of ether oxygens (including phenoxy) is 2. The molecule has 0 aromatic carbocycles. The molecule has 0 radical (unpaired) electrons. The van der Waals surface area contributed by atoms with E-state index in [0.29, 0.717) is 24.2 Å². The van der Waals surface area contributed by atoms with Gasteiger partial charge in [-0.2, -0.15) is 5.26 Å². The minimum atomic E-state index is -1.13. The van der Waals surface area contributed by atoms with Crippen LogP contribution in [0.1, 0.15) is 65.2 Å². The van der Waals surface area contributed by atoms with Gasteiger partial charge >= 0.3 is 0 Å². The summed E-state index contributed by atoms with van der Waals surface area (Å²) in [5.41, 5.74) is 0.412. The predicted octanol–water partition coefficient (Wildman–Crippen LogP) is 3.95. The number of nitriles is 1. The van der Waals surface area contributed by atoms with Crippen LogP contribution in [0.4, 0.5) is 0 Å². The average molecular weight is 357 g/mol. The maximum atomic E-state index is 11.0. The molecule has 1 heterocycles. The number of nitrogens with zero attached hydrogens (tertiary/aromatic N) is 1. The molecular weight excluding hydrogens is 326 g/mol. The Morgan fingerprint density at radius 3 is 2.54 bits per heavy atom. The lowest BCUT2D eigenvalue weighted by atomic mass is 9.47. The van der Waals surface area contributed by atoms with Gasteiger partial charge in [0.2, 0.25) is 0 Å². The van der Waals surface area contributed by atoms with E-state index in [1.165, 1.54) is 0 Å². The second-order valence-electron chi connectivity index (χ2n) is 10.0. The summed E-state index contributed by atoms with van der Waals surface area (Å²) in [4.78, 5) is 0. The highest BCUT2D eigenvalue weighted by molar-refractivity contribution is 5.28. The molecule has 1 aliphatic heterocycles. The maximum absolute atomic E-state index is 11.0. The van der Waals surface area contributed by atoms with Gasteiger partial charge in [0.25, 0.3) is 0 Å². The molecule has 3 saturated carbocycles. The van der Waals surface area contributed by atoms with Crippen LogP contribution in [0.25, 0.3) is 0 Å². The molecule has 0 unspecified atom stereocenters. The maximum Gasteiger partial charge on any atom is 0.172 e. The van der Waals surface area contributed by atoms with Crippen LogP contribution in [0.5, 0.6) is 0 Å². The molecule has 1 spiro atoms. The Morgan fingerprint density at radius 1 is 1.08 bits per heavy atom. The van der Waals surface area contributed by atoms with E-state index in [4.69, 9.17) is 9.47 Å². The van der Waals surface area contributed by atoms with E-state index in [-0.39, 0.29) is 16.6 Å². The molecule has 6 atom stereocenters. The Hall–Kier alpha value is -0.890. The second-order valence-corrected chi connectivity index (χ2v) is 10.0. The summed E-state index contributed by atoms with van der Waals surface area (Å²) in [6, 6.07) is 2.28. The molecule has 4 nitrogen and oxygen atoms in total. The number of allylic oxidation sites excluding steroid dienone is 1. The minimum Gasteiger partial charge on any atom is -0.375 e. The summed E-state index contributed by atoms with van der Waals surface area (Å²) < 4.78 is 12.0. The van der Waals surface area contributed by atoms with Gasteiger partial charge in [0.05, 0.1) is 19.3 Å². The van der Waals surface area contributed by atoms with Crippen molar-refractivity contribution in [2.24, 2.45) is 28.6 Å². The zero-order valence-electron chi connectivity index (χ0n) is 16.1. The first-order valence-electron chi connectivity index (χ1n) is 10.5. The van der Waals surface area contributed by atoms with Gasteiger partial charge in [-0.05, 0) is 61.7 Å². The smallest absolute Gasteiger partial charge is 0.172 e. The fraction of sp³-hybridized carbons (Fsp3) is 0.864. The summed E-state index contributed by atoms with van der Waals surface area (Å²) in [7, 11) is 0. The highest BCUT2D eigenvalue weighted by Gasteiger charge is 2.64. The third-order valence-electron chi connectivity index (χ3n) is 9.26. The Balaban J connectivity index is 1.47. The Kier molecular flexibility index (Phi) is 3.54. The third-order valence-corrected chi connectivity index (χ3v) is 9.26. The van der Waals surface area contributed by atoms with Crippen LogP contribution in [-0.4, -0.2) is 29.7 Å². The number of hydrogen-bond donors (Lipinski definition) is 1. The molecule has 0 bridgehead atoms. The van der Waals surface area contributed by atoms with Crippen LogP contribution >= 0.6 is 0 Å². The lowest BCUT2D eigenvalue weighted by molar-refractivity contribution is -0.186. The van der Waals surface area contributed by atoms with E-state index < -0.39 is 5.60 Å². The van der Waals surface area contributed by atoms with Crippen molar-refractivity contribution in [1.82, 2.24) is 0 Å². The van der Waals surface area contributed by atoms with Gasteiger partial charge in [-0.3, -0.25) is 0 Å². The van der Waals surface area contributed by atoms with Crippen LogP contribution in [0.15, 0.2) is 11.6 Å². The van der Waals surface area contributed by atoms with Crippen molar-refractivity contribution in [2.75, 3.05) is 13.2 Å². The van der Waals surface area contributed by atoms with Gasteiger partial charge in [-0.25, -0.2) is 0 Å². The quantitative estimate of drug-likeness (QED) is 0.527. The number of rotatable bonds is 0. The SMILES string of the molecule is C[C@]12CCC3(CC1=CC[C@@H]1[C@H]2CC[C@@]2(C)[C@@H]1CC[C@@]2(O)C#N)OCCO3. The molecule has 5 aliphatic rings. The first-order valence-corrected chi connectivity index (χ1v) is 10.5. The molecule has 0 aromatic heterocycles. The third kappa shape index (κ3) is 2.00. The molecule has 1 N–H and O–H groups in total. The molecule has 4 aliphatic carbocycles. The van der Waals surface area contributed by atoms with Gasteiger partial charge in [0, 0.05) is 18.3 Å². The second kappa shape index (κ2) is 5.34. The van der Waals surface area contributed by atoms with Crippen molar-refractivity contribution in [3.05, 3.63) is 11.6 Å². The van der Waals surface area contributed by atoms with Crippen molar-refractivity contribution in [2.45, 2.75) is 76.6 Å². The Labute approximate surface area is 156 Å². The zero-order chi connectivity index (χ0) is 18.2. The Bertz CT molecular complexity index is 690. The zero-order valence-corrected chi connectivity index (χ0v) is 16.1. The first-order chi connectivity index (χ1) is 12.4. The van der Waals surface area contributed by atoms with Crippen molar-refractivity contribution < 1.29 is 14.6 Å². The standard InChI is InChI=1S/C22H31NO3/c1-19-9-10-22(25-11-12-26-22)13-15(19)3-4-16-17(19)5-7-20(2)18(16)6-8-21(20,24)14-23/h3,16-18,24H,4-13H2,1-2H3/t16-,17-,18-,19+,20+,21-/m1/s1. The van der Waals surface area contributed by atoms with Crippen LogP contribution in [0.2, 0.25) is 0 Å². The van der Waals surface area contributed by atoms with Crippen LogP contribution in [0.3, 0.4) is 0 Å². The summed E-state index contributed by atoms with van der Waals surface area (Å²) in [6.45, 7) is 6.10. The van der Waals surface area contributed by atoms with Crippen molar-refractivity contribution in [3.8, 4) is 6.07 Å². The fourth-order valence-corrected chi connectivity index (χ4v) is 7.55. The van der Waals surface area contributed by atoms with E-state index in [2.05, 4.69) is 26.0 Å². The van der Waals surface area contributed by atoms with Crippen molar-refractivity contribution in [3.63, 3.8) is 0 Å². The molecule has 142 valence electrons. The van der Waals surface area contributed by atoms with E-state index in [1.807, 2.05) is 0 Å². The van der Waals surface area contributed by atoms with Gasteiger partial charge in [-0.15, -0.1) is 0 Å². The van der Waals surface area contributed by atoms with Crippen molar-refractivity contribution >= 4 is 0 Å². The van der Waals surface area contributed by atoms with Crippen LogP contribution in [0, 0.1) is 39.9 Å². The van der Waals surface area contributed by atoms with Gasteiger partial charge in [0.15, 0.2) is 11.4 Å². The summed E-state index contributed by atoms with van der Waals surface area (Å²) in [5.74, 6) is 1.38.